The molecule has 0 amide bonds. The highest BCUT2D eigenvalue weighted by molar-refractivity contribution is 7.11. The van der Waals surface area contributed by atoms with Crippen LogP contribution in [0.3, 0.4) is 0 Å². The Balaban J connectivity index is 1.81. The molecule has 1 aliphatic heterocycles. The minimum absolute atomic E-state index is 0.431. The van der Waals surface area contributed by atoms with Crippen molar-refractivity contribution in [3.63, 3.8) is 0 Å². The van der Waals surface area contributed by atoms with Crippen molar-refractivity contribution in [1.82, 2.24) is 14.7 Å². The van der Waals surface area contributed by atoms with Crippen LogP contribution in [0.25, 0.3) is 0 Å². The van der Waals surface area contributed by atoms with Crippen molar-refractivity contribution >= 4 is 11.3 Å². The van der Waals surface area contributed by atoms with E-state index in [9.17, 15) is 0 Å². The Hall–Kier alpha value is -1.17. The van der Waals surface area contributed by atoms with E-state index in [1.807, 2.05) is 17.5 Å². The largest absolute Gasteiger partial charge is 0.384 e. The van der Waals surface area contributed by atoms with Gasteiger partial charge in [0, 0.05) is 54.5 Å². The van der Waals surface area contributed by atoms with Crippen LogP contribution in [-0.4, -0.2) is 34.9 Å². The van der Waals surface area contributed by atoms with Crippen molar-refractivity contribution < 1.29 is 4.74 Å². The summed E-state index contributed by atoms with van der Waals surface area (Å²) in [6, 6.07) is 4.45. The molecule has 0 unspecified atom stereocenters. The number of methoxy groups -OCH3 is 1. The van der Waals surface area contributed by atoms with Gasteiger partial charge in [0.1, 0.15) is 0 Å². The van der Waals surface area contributed by atoms with Gasteiger partial charge in [-0.05, 0) is 26.0 Å². The predicted octanol–water partition coefficient (Wildman–Crippen LogP) is 3.02. The maximum atomic E-state index is 5.42. The molecule has 0 spiro atoms. The van der Waals surface area contributed by atoms with Gasteiger partial charge in [-0.3, -0.25) is 9.58 Å². The molecular weight excluding hydrogens is 282 g/mol. The van der Waals surface area contributed by atoms with Gasteiger partial charge in [-0.2, -0.15) is 5.10 Å². The molecule has 0 N–H and O–H groups in total. The van der Waals surface area contributed by atoms with Gasteiger partial charge in [-0.15, -0.1) is 11.3 Å². The summed E-state index contributed by atoms with van der Waals surface area (Å²) in [6.07, 6.45) is 2.04. The van der Waals surface area contributed by atoms with E-state index in [1.54, 1.807) is 7.11 Å². The first kappa shape index (κ1) is 14.8. The second kappa shape index (κ2) is 6.30. The third kappa shape index (κ3) is 3.05. The third-order valence-electron chi connectivity index (χ3n) is 4.12. The van der Waals surface area contributed by atoms with Crippen LogP contribution in [0.2, 0.25) is 0 Å². The molecule has 0 bridgehead atoms. The van der Waals surface area contributed by atoms with E-state index in [1.165, 1.54) is 21.0 Å². The Labute approximate surface area is 130 Å². The summed E-state index contributed by atoms with van der Waals surface area (Å²) < 4.78 is 7.55. The molecule has 2 aromatic heterocycles. The maximum Gasteiger partial charge on any atom is 0.0560 e. The lowest BCUT2D eigenvalue weighted by Gasteiger charge is -2.32. The van der Waals surface area contributed by atoms with Crippen molar-refractivity contribution in [1.29, 1.82) is 0 Å². The third-order valence-corrected chi connectivity index (χ3v) is 5.10. The van der Waals surface area contributed by atoms with Crippen LogP contribution in [0.1, 0.15) is 33.9 Å². The van der Waals surface area contributed by atoms with Gasteiger partial charge in [-0.1, -0.05) is 0 Å². The average Bonchev–Trinajstić information content (AvgIpc) is 3.05. The number of hydrogen-bond donors (Lipinski definition) is 0. The minimum Gasteiger partial charge on any atom is -0.384 e. The Bertz CT molecular complexity index is 604. The molecule has 21 heavy (non-hydrogen) atoms. The van der Waals surface area contributed by atoms with Gasteiger partial charge in [0.25, 0.3) is 0 Å². The number of thiophene rings is 1. The van der Waals surface area contributed by atoms with Crippen LogP contribution in [0, 0.1) is 6.92 Å². The summed E-state index contributed by atoms with van der Waals surface area (Å²) in [5, 5.41) is 4.53. The van der Waals surface area contributed by atoms with Gasteiger partial charge in [-0.25, -0.2) is 0 Å². The SMILES string of the molecule is CCn1ncc2c1CN(Cc1ccc(C)s1)C[C@H]2COC. The fourth-order valence-corrected chi connectivity index (χ4v) is 4.09. The number of ether oxygens (including phenoxy) is 1. The monoisotopic (exact) mass is 305 g/mol. The molecule has 3 heterocycles. The molecule has 0 saturated carbocycles. The highest BCUT2D eigenvalue weighted by Crippen LogP contribution is 2.30. The summed E-state index contributed by atoms with van der Waals surface area (Å²) in [4.78, 5) is 5.34. The second-order valence-corrected chi connectivity index (χ2v) is 7.07. The lowest BCUT2D eigenvalue weighted by Crippen LogP contribution is -2.35. The maximum absolute atomic E-state index is 5.42. The van der Waals surface area contributed by atoms with Crippen LogP contribution in [0.15, 0.2) is 18.3 Å². The number of aromatic nitrogens is 2. The summed E-state index contributed by atoms with van der Waals surface area (Å²) >= 11 is 1.89. The molecule has 1 atom stereocenters. The lowest BCUT2D eigenvalue weighted by molar-refractivity contribution is 0.134. The molecule has 4 nitrogen and oxygen atoms in total. The molecule has 1 aliphatic rings. The number of rotatable bonds is 5. The molecule has 3 rings (SSSR count). The fraction of sp³-hybridized carbons (Fsp3) is 0.562. The normalized spacial score (nSPS) is 18.9. The number of aryl methyl sites for hydroxylation is 2. The van der Waals surface area contributed by atoms with E-state index in [0.717, 1.165) is 32.8 Å². The molecule has 0 saturated heterocycles. The first-order valence-corrected chi connectivity index (χ1v) is 8.34. The predicted molar refractivity (Wildman–Crippen MR) is 85.7 cm³/mol. The van der Waals surface area contributed by atoms with E-state index in [-0.39, 0.29) is 0 Å². The summed E-state index contributed by atoms with van der Waals surface area (Å²) in [5.41, 5.74) is 2.73. The van der Waals surface area contributed by atoms with Gasteiger partial charge in [0.2, 0.25) is 0 Å². The zero-order valence-electron chi connectivity index (χ0n) is 13.0. The number of fused-ring (bicyclic) bond motifs is 1. The Kier molecular flexibility index (Phi) is 4.42. The highest BCUT2D eigenvalue weighted by Gasteiger charge is 2.28. The van der Waals surface area contributed by atoms with Crippen molar-refractivity contribution in [2.75, 3.05) is 20.3 Å². The molecule has 5 heteroatoms. The molecule has 0 radical (unpaired) electrons. The smallest absolute Gasteiger partial charge is 0.0560 e. The number of hydrogen-bond acceptors (Lipinski definition) is 4. The summed E-state index contributed by atoms with van der Waals surface area (Å²) in [7, 11) is 1.78. The Morgan fingerprint density at radius 2 is 2.29 bits per heavy atom. The minimum atomic E-state index is 0.431. The second-order valence-electron chi connectivity index (χ2n) is 5.70. The molecule has 0 fully saturated rings. The first-order chi connectivity index (χ1) is 10.2. The van der Waals surface area contributed by atoms with Crippen LogP contribution < -0.4 is 0 Å². The molecule has 0 aromatic carbocycles. The Morgan fingerprint density at radius 1 is 1.43 bits per heavy atom. The van der Waals surface area contributed by atoms with E-state index < -0.39 is 0 Å². The van der Waals surface area contributed by atoms with Crippen molar-refractivity contribution in [2.24, 2.45) is 0 Å². The summed E-state index contributed by atoms with van der Waals surface area (Å²) in [6.45, 7) is 9.08. The quantitative estimate of drug-likeness (QED) is 0.850. The summed E-state index contributed by atoms with van der Waals surface area (Å²) in [5.74, 6) is 0.431. The van der Waals surface area contributed by atoms with Crippen LogP contribution in [-0.2, 0) is 24.4 Å². The van der Waals surface area contributed by atoms with Crippen molar-refractivity contribution in [3.8, 4) is 0 Å². The molecule has 114 valence electrons. The number of nitrogens with zero attached hydrogens (tertiary/aromatic N) is 3. The fourth-order valence-electron chi connectivity index (χ4n) is 3.15. The van der Waals surface area contributed by atoms with E-state index in [0.29, 0.717) is 5.92 Å². The lowest BCUT2D eigenvalue weighted by atomic mass is 9.95. The van der Waals surface area contributed by atoms with Crippen LogP contribution in [0.5, 0.6) is 0 Å². The van der Waals surface area contributed by atoms with Gasteiger partial charge in [0.05, 0.1) is 18.5 Å². The topological polar surface area (TPSA) is 30.3 Å². The van der Waals surface area contributed by atoms with E-state index >= 15 is 0 Å². The van der Waals surface area contributed by atoms with Crippen molar-refractivity contribution in [2.45, 2.75) is 39.4 Å². The average molecular weight is 305 g/mol. The molecular formula is C16H23N3OS. The van der Waals surface area contributed by atoms with E-state index in [4.69, 9.17) is 4.74 Å². The zero-order valence-corrected chi connectivity index (χ0v) is 13.8. The standard InChI is InChI=1S/C16H23N3OS/c1-4-19-16-10-18(9-14-6-5-12(2)21-14)8-13(11-20-3)15(16)7-17-19/h5-7,13H,4,8-11H2,1-3H3/t13-/m0/s1. The van der Waals surface area contributed by atoms with Gasteiger partial charge in [0.15, 0.2) is 0 Å². The Morgan fingerprint density at radius 3 is 2.95 bits per heavy atom. The van der Waals surface area contributed by atoms with Crippen LogP contribution in [0.4, 0.5) is 0 Å². The highest BCUT2D eigenvalue weighted by atomic mass is 32.1. The van der Waals surface area contributed by atoms with Gasteiger partial charge >= 0.3 is 0 Å². The zero-order chi connectivity index (χ0) is 14.8. The van der Waals surface area contributed by atoms with Crippen molar-refractivity contribution in [3.05, 3.63) is 39.3 Å². The molecule has 0 aliphatic carbocycles. The van der Waals surface area contributed by atoms with Gasteiger partial charge < -0.3 is 4.74 Å². The first-order valence-electron chi connectivity index (χ1n) is 7.52. The van der Waals surface area contributed by atoms with Crippen LogP contribution >= 0.6 is 11.3 Å². The molecule has 2 aromatic rings. The van der Waals surface area contributed by atoms with E-state index in [2.05, 4.69) is 40.7 Å².